The Morgan fingerprint density at radius 2 is 2.06 bits per heavy atom. The van der Waals surface area contributed by atoms with Crippen LogP contribution in [0.1, 0.15) is 42.6 Å². The smallest absolute Gasteiger partial charge is 0.0940 e. The van der Waals surface area contributed by atoms with Gasteiger partial charge in [0, 0.05) is 12.6 Å². The number of aryl methyl sites for hydroxylation is 2. The van der Waals surface area contributed by atoms with Crippen molar-refractivity contribution in [2.45, 2.75) is 44.8 Å². The standard InChI is InChI=1S/C16H23NO/c1-3-10-17-12(2)16(18)15-9-8-13-6-4-5-7-14(13)11-15/h3,8-9,11-12,16-18H,1,4-7,10H2,2H3. The Labute approximate surface area is 110 Å². The van der Waals surface area contributed by atoms with E-state index < -0.39 is 6.10 Å². The van der Waals surface area contributed by atoms with Gasteiger partial charge in [-0.25, -0.2) is 0 Å². The van der Waals surface area contributed by atoms with Gasteiger partial charge >= 0.3 is 0 Å². The minimum absolute atomic E-state index is 0.0460. The van der Waals surface area contributed by atoms with Crippen LogP contribution >= 0.6 is 0 Å². The van der Waals surface area contributed by atoms with Crippen LogP contribution < -0.4 is 5.32 Å². The molecule has 0 spiro atoms. The zero-order valence-corrected chi connectivity index (χ0v) is 11.2. The Balaban J connectivity index is 2.10. The summed E-state index contributed by atoms with van der Waals surface area (Å²) in [6, 6.07) is 6.49. The number of benzene rings is 1. The zero-order chi connectivity index (χ0) is 13.0. The lowest BCUT2D eigenvalue weighted by Crippen LogP contribution is -2.32. The second kappa shape index (κ2) is 6.17. The summed E-state index contributed by atoms with van der Waals surface area (Å²) in [5.74, 6) is 0. The summed E-state index contributed by atoms with van der Waals surface area (Å²) in [4.78, 5) is 0. The van der Waals surface area contributed by atoms with Gasteiger partial charge in [-0.2, -0.15) is 0 Å². The molecule has 1 aliphatic rings. The van der Waals surface area contributed by atoms with Crippen LogP contribution in [0.4, 0.5) is 0 Å². The molecular weight excluding hydrogens is 222 g/mol. The van der Waals surface area contributed by atoms with Gasteiger partial charge in [-0.3, -0.25) is 0 Å². The molecule has 2 atom stereocenters. The topological polar surface area (TPSA) is 32.3 Å². The van der Waals surface area contributed by atoms with Crippen molar-refractivity contribution >= 4 is 0 Å². The Bertz CT molecular complexity index is 414. The molecule has 2 N–H and O–H groups in total. The summed E-state index contributed by atoms with van der Waals surface area (Å²) >= 11 is 0. The second-order valence-corrected chi connectivity index (χ2v) is 5.17. The third-order valence-corrected chi connectivity index (χ3v) is 3.77. The molecular formula is C16H23NO. The third-order valence-electron chi connectivity index (χ3n) is 3.77. The zero-order valence-electron chi connectivity index (χ0n) is 11.2. The summed E-state index contributed by atoms with van der Waals surface area (Å²) in [7, 11) is 0. The molecule has 0 saturated heterocycles. The lowest BCUT2D eigenvalue weighted by molar-refractivity contribution is 0.138. The van der Waals surface area contributed by atoms with E-state index in [4.69, 9.17) is 0 Å². The SMILES string of the molecule is C=CCNC(C)C(O)c1ccc2c(c1)CCCC2. The molecule has 0 amide bonds. The van der Waals surface area contributed by atoms with Crippen molar-refractivity contribution < 1.29 is 5.11 Å². The molecule has 98 valence electrons. The van der Waals surface area contributed by atoms with E-state index in [1.54, 1.807) is 0 Å². The fourth-order valence-electron chi connectivity index (χ4n) is 2.61. The largest absolute Gasteiger partial charge is 0.387 e. The monoisotopic (exact) mass is 245 g/mol. The van der Waals surface area contributed by atoms with E-state index in [1.807, 2.05) is 13.0 Å². The van der Waals surface area contributed by atoms with Crippen LogP contribution in [-0.4, -0.2) is 17.7 Å². The first kappa shape index (κ1) is 13.3. The first-order valence-corrected chi connectivity index (χ1v) is 6.86. The Kier molecular flexibility index (Phi) is 4.56. The molecule has 2 nitrogen and oxygen atoms in total. The fraction of sp³-hybridized carbons (Fsp3) is 0.500. The van der Waals surface area contributed by atoms with E-state index >= 15 is 0 Å². The average molecular weight is 245 g/mol. The van der Waals surface area contributed by atoms with Crippen LogP contribution in [0.25, 0.3) is 0 Å². The van der Waals surface area contributed by atoms with E-state index in [9.17, 15) is 5.11 Å². The van der Waals surface area contributed by atoms with E-state index in [2.05, 4.69) is 30.1 Å². The molecule has 0 radical (unpaired) electrons. The van der Waals surface area contributed by atoms with Crippen LogP contribution in [0.3, 0.4) is 0 Å². The van der Waals surface area contributed by atoms with Crippen LogP contribution in [0, 0.1) is 0 Å². The van der Waals surface area contributed by atoms with Crippen molar-refractivity contribution in [2.75, 3.05) is 6.54 Å². The number of fused-ring (bicyclic) bond motifs is 1. The Morgan fingerprint density at radius 3 is 2.78 bits per heavy atom. The lowest BCUT2D eigenvalue weighted by Gasteiger charge is -2.23. The maximum absolute atomic E-state index is 10.3. The average Bonchev–Trinajstić information content (AvgIpc) is 2.43. The van der Waals surface area contributed by atoms with Crippen LogP contribution in [-0.2, 0) is 12.8 Å². The predicted octanol–water partition coefficient (Wildman–Crippen LogP) is 2.76. The molecule has 0 saturated carbocycles. The molecule has 0 bridgehead atoms. The van der Waals surface area contributed by atoms with Crippen LogP contribution in [0.15, 0.2) is 30.9 Å². The summed E-state index contributed by atoms with van der Waals surface area (Å²) in [5.41, 5.74) is 3.91. The first-order valence-electron chi connectivity index (χ1n) is 6.86. The fourth-order valence-corrected chi connectivity index (χ4v) is 2.61. The number of aliphatic hydroxyl groups excluding tert-OH is 1. The second-order valence-electron chi connectivity index (χ2n) is 5.17. The maximum Gasteiger partial charge on any atom is 0.0940 e. The van der Waals surface area contributed by atoms with Crippen molar-refractivity contribution in [3.8, 4) is 0 Å². The highest BCUT2D eigenvalue weighted by Crippen LogP contribution is 2.25. The highest BCUT2D eigenvalue weighted by molar-refractivity contribution is 5.35. The van der Waals surface area contributed by atoms with Gasteiger partial charge in [-0.15, -0.1) is 6.58 Å². The molecule has 0 heterocycles. The van der Waals surface area contributed by atoms with E-state index in [-0.39, 0.29) is 6.04 Å². The van der Waals surface area contributed by atoms with Crippen LogP contribution in [0.5, 0.6) is 0 Å². The minimum Gasteiger partial charge on any atom is -0.387 e. The van der Waals surface area contributed by atoms with Gasteiger partial charge in [0.05, 0.1) is 6.10 Å². The third kappa shape index (κ3) is 3.01. The van der Waals surface area contributed by atoms with E-state index in [0.717, 1.165) is 18.5 Å². The van der Waals surface area contributed by atoms with Crippen molar-refractivity contribution in [2.24, 2.45) is 0 Å². The molecule has 2 heteroatoms. The van der Waals surface area contributed by atoms with E-state index in [0.29, 0.717) is 0 Å². The van der Waals surface area contributed by atoms with Gasteiger partial charge in [-0.1, -0.05) is 24.3 Å². The summed E-state index contributed by atoms with van der Waals surface area (Å²) in [6.07, 6.45) is 6.29. The lowest BCUT2D eigenvalue weighted by atomic mass is 9.89. The molecule has 1 aliphatic carbocycles. The summed E-state index contributed by atoms with van der Waals surface area (Å²) in [6.45, 7) is 6.41. The number of hydrogen-bond acceptors (Lipinski definition) is 2. The quantitative estimate of drug-likeness (QED) is 0.782. The van der Waals surface area contributed by atoms with Crippen molar-refractivity contribution in [3.05, 3.63) is 47.5 Å². The number of hydrogen-bond donors (Lipinski definition) is 2. The van der Waals surface area contributed by atoms with Crippen LogP contribution in [0.2, 0.25) is 0 Å². The van der Waals surface area contributed by atoms with E-state index in [1.165, 1.54) is 30.4 Å². The number of rotatable bonds is 5. The highest BCUT2D eigenvalue weighted by Gasteiger charge is 2.17. The normalized spacial score (nSPS) is 17.9. The molecule has 1 aromatic carbocycles. The van der Waals surface area contributed by atoms with Gasteiger partial charge in [0.15, 0.2) is 0 Å². The van der Waals surface area contributed by atoms with Gasteiger partial charge < -0.3 is 10.4 Å². The van der Waals surface area contributed by atoms with Gasteiger partial charge in [0.1, 0.15) is 0 Å². The number of nitrogens with one attached hydrogen (secondary N) is 1. The molecule has 0 fully saturated rings. The molecule has 1 aromatic rings. The van der Waals surface area contributed by atoms with Gasteiger partial charge in [-0.05, 0) is 49.3 Å². The summed E-state index contributed by atoms with van der Waals surface area (Å²) in [5, 5.41) is 13.6. The Morgan fingerprint density at radius 1 is 1.33 bits per heavy atom. The summed E-state index contributed by atoms with van der Waals surface area (Å²) < 4.78 is 0. The van der Waals surface area contributed by atoms with Crippen molar-refractivity contribution in [1.29, 1.82) is 0 Å². The van der Waals surface area contributed by atoms with Gasteiger partial charge in [0.2, 0.25) is 0 Å². The molecule has 0 aliphatic heterocycles. The molecule has 18 heavy (non-hydrogen) atoms. The molecule has 0 aromatic heterocycles. The maximum atomic E-state index is 10.3. The molecule has 2 rings (SSSR count). The predicted molar refractivity (Wildman–Crippen MR) is 75.7 cm³/mol. The highest BCUT2D eigenvalue weighted by atomic mass is 16.3. The Hall–Kier alpha value is -1.12. The van der Waals surface area contributed by atoms with Crippen molar-refractivity contribution in [3.63, 3.8) is 0 Å². The number of aliphatic hydroxyl groups is 1. The minimum atomic E-state index is -0.447. The van der Waals surface area contributed by atoms with Crippen molar-refractivity contribution in [1.82, 2.24) is 5.32 Å². The molecule has 2 unspecified atom stereocenters. The first-order chi connectivity index (χ1) is 8.72. The van der Waals surface area contributed by atoms with Gasteiger partial charge in [0.25, 0.3) is 0 Å².